The lowest BCUT2D eigenvalue weighted by atomic mass is 9.96. The first kappa shape index (κ1) is 20.1. The fourth-order valence-electron chi connectivity index (χ4n) is 3.89. The van der Waals surface area contributed by atoms with Crippen LogP contribution in [-0.4, -0.2) is 63.0 Å². The van der Waals surface area contributed by atoms with Crippen molar-refractivity contribution in [3.63, 3.8) is 0 Å². The molecule has 0 saturated carbocycles. The van der Waals surface area contributed by atoms with Crippen molar-refractivity contribution in [1.29, 1.82) is 0 Å². The largest absolute Gasteiger partial charge is 0.350 e. The summed E-state index contributed by atoms with van der Waals surface area (Å²) in [6, 6.07) is 7.35. The van der Waals surface area contributed by atoms with Gasteiger partial charge in [0, 0.05) is 32.7 Å². The van der Waals surface area contributed by atoms with E-state index in [4.69, 9.17) is 0 Å². The number of hydrogen-bond acceptors (Lipinski definition) is 4. The van der Waals surface area contributed by atoms with Crippen LogP contribution in [0.2, 0.25) is 0 Å². The standard InChI is InChI=1S/C21H24FN5O3/c1-21(20(30)23-12-14-5-7-15(22)8-6-14)13-27-17(19(29)25(21)2)11-16(24-27)18(28)26-9-3-4-10-26/h5-8,11H,3-4,9-10,12-13H2,1-2H3,(H,23,30)/t21-/m0/s1. The summed E-state index contributed by atoms with van der Waals surface area (Å²) in [5.41, 5.74) is 0.0919. The zero-order valence-corrected chi connectivity index (χ0v) is 17.0. The van der Waals surface area contributed by atoms with Gasteiger partial charge in [0.2, 0.25) is 5.91 Å². The van der Waals surface area contributed by atoms with E-state index < -0.39 is 5.54 Å². The van der Waals surface area contributed by atoms with Crippen molar-refractivity contribution in [3.05, 3.63) is 53.1 Å². The Balaban J connectivity index is 1.52. The average molecular weight is 413 g/mol. The summed E-state index contributed by atoms with van der Waals surface area (Å²) < 4.78 is 14.5. The Kier molecular flexibility index (Phi) is 5.05. The number of carbonyl (C=O) groups is 3. The topological polar surface area (TPSA) is 87.5 Å². The predicted molar refractivity (Wildman–Crippen MR) is 106 cm³/mol. The zero-order valence-electron chi connectivity index (χ0n) is 17.0. The van der Waals surface area contributed by atoms with Crippen molar-refractivity contribution < 1.29 is 18.8 Å². The first-order chi connectivity index (χ1) is 14.3. The Morgan fingerprint density at radius 1 is 1.20 bits per heavy atom. The van der Waals surface area contributed by atoms with Crippen LogP contribution in [0.4, 0.5) is 4.39 Å². The van der Waals surface area contributed by atoms with Gasteiger partial charge in [-0.05, 0) is 37.5 Å². The molecule has 158 valence electrons. The molecule has 3 heterocycles. The second kappa shape index (κ2) is 7.55. The van der Waals surface area contributed by atoms with Crippen molar-refractivity contribution in [1.82, 2.24) is 24.9 Å². The summed E-state index contributed by atoms with van der Waals surface area (Å²) in [4.78, 5) is 41.7. The van der Waals surface area contributed by atoms with Crippen molar-refractivity contribution in [2.75, 3.05) is 20.1 Å². The number of benzene rings is 1. The van der Waals surface area contributed by atoms with Gasteiger partial charge in [0.1, 0.15) is 17.1 Å². The lowest BCUT2D eigenvalue weighted by Gasteiger charge is -2.40. The molecule has 2 aliphatic heterocycles. The number of amides is 3. The number of fused-ring (bicyclic) bond motifs is 1. The molecule has 0 spiro atoms. The van der Waals surface area contributed by atoms with Gasteiger partial charge in [-0.2, -0.15) is 5.10 Å². The van der Waals surface area contributed by atoms with Crippen LogP contribution in [0.1, 0.15) is 46.3 Å². The second-order valence-electron chi connectivity index (χ2n) is 8.02. The van der Waals surface area contributed by atoms with E-state index in [1.807, 2.05) is 0 Å². The highest BCUT2D eigenvalue weighted by atomic mass is 19.1. The van der Waals surface area contributed by atoms with E-state index in [-0.39, 0.29) is 42.3 Å². The third-order valence-electron chi connectivity index (χ3n) is 5.97. The maximum Gasteiger partial charge on any atom is 0.274 e. The van der Waals surface area contributed by atoms with Gasteiger partial charge in [-0.15, -0.1) is 0 Å². The van der Waals surface area contributed by atoms with Crippen LogP contribution in [0.5, 0.6) is 0 Å². The van der Waals surface area contributed by atoms with Gasteiger partial charge < -0.3 is 15.1 Å². The van der Waals surface area contributed by atoms with E-state index in [0.717, 1.165) is 18.4 Å². The number of aromatic nitrogens is 2. The van der Waals surface area contributed by atoms with Crippen LogP contribution in [0.3, 0.4) is 0 Å². The third kappa shape index (κ3) is 3.44. The summed E-state index contributed by atoms with van der Waals surface area (Å²) in [6.07, 6.45) is 1.93. The van der Waals surface area contributed by atoms with Crippen LogP contribution in [0.25, 0.3) is 0 Å². The van der Waals surface area contributed by atoms with Gasteiger partial charge in [-0.1, -0.05) is 12.1 Å². The third-order valence-corrected chi connectivity index (χ3v) is 5.97. The molecule has 0 aliphatic carbocycles. The van der Waals surface area contributed by atoms with E-state index in [2.05, 4.69) is 10.4 Å². The molecule has 0 unspecified atom stereocenters. The smallest absolute Gasteiger partial charge is 0.274 e. The normalized spacial score (nSPS) is 21.0. The highest BCUT2D eigenvalue weighted by Gasteiger charge is 2.46. The van der Waals surface area contributed by atoms with Crippen LogP contribution >= 0.6 is 0 Å². The molecule has 1 saturated heterocycles. The summed E-state index contributed by atoms with van der Waals surface area (Å²) >= 11 is 0. The molecule has 1 N–H and O–H groups in total. The number of likely N-dealkylation sites (tertiary alicyclic amines) is 1. The summed E-state index contributed by atoms with van der Waals surface area (Å²) in [6.45, 7) is 3.39. The number of rotatable bonds is 4. The molecule has 2 aromatic rings. The van der Waals surface area contributed by atoms with Crippen LogP contribution in [0.15, 0.2) is 30.3 Å². The van der Waals surface area contributed by atoms with Crippen LogP contribution in [0, 0.1) is 5.82 Å². The maximum atomic E-state index is 13.1. The highest BCUT2D eigenvalue weighted by molar-refractivity contribution is 6.01. The van der Waals surface area contributed by atoms with Gasteiger partial charge >= 0.3 is 0 Å². The molecule has 9 heteroatoms. The molecule has 1 aromatic heterocycles. The van der Waals surface area contributed by atoms with E-state index in [1.165, 1.54) is 27.8 Å². The van der Waals surface area contributed by atoms with E-state index in [0.29, 0.717) is 18.8 Å². The Labute approximate surface area is 173 Å². The maximum absolute atomic E-state index is 13.1. The fraction of sp³-hybridized carbons (Fsp3) is 0.429. The average Bonchev–Trinajstić information content (AvgIpc) is 3.41. The molecular weight excluding hydrogens is 389 g/mol. The number of hydrogen-bond donors (Lipinski definition) is 1. The molecule has 1 aromatic carbocycles. The molecule has 4 rings (SSSR count). The minimum absolute atomic E-state index is 0.132. The first-order valence-electron chi connectivity index (χ1n) is 9.97. The molecule has 0 bridgehead atoms. The quantitative estimate of drug-likeness (QED) is 0.821. The van der Waals surface area contributed by atoms with Crippen LogP contribution in [-0.2, 0) is 17.9 Å². The molecule has 2 aliphatic rings. The fourth-order valence-corrected chi connectivity index (χ4v) is 3.89. The number of halogens is 1. The van der Waals surface area contributed by atoms with Crippen molar-refractivity contribution in [2.45, 2.75) is 38.4 Å². The Hall–Kier alpha value is -3.23. The van der Waals surface area contributed by atoms with Crippen molar-refractivity contribution >= 4 is 17.7 Å². The predicted octanol–water partition coefficient (Wildman–Crippen LogP) is 1.42. The lowest BCUT2D eigenvalue weighted by Crippen LogP contribution is -2.62. The van der Waals surface area contributed by atoms with E-state index >= 15 is 0 Å². The second-order valence-corrected chi connectivity index (χ2v) is 8.02. The first-order valence-corrected chi connectivity index (χ1v) is 9.97. The van der Waals surface area contributed by atoms with Crippen molar-refractivity contribution in [3.8, 4) is 0 Å². The number of nitrogens with one attached hydrogen (secondary N) is 1. The van der Waals surface area contributed by atoms with Gasteiger partial charge in [-0.25, -0.2) is 4.39 Å². The summed E-state index contributed by atoms with van der Waals surface area (Å²) in [7, 11) is 1.57. The summed E-state index contributed by atoms with van der Waals surface area (Å²) in [5, 5.41) is 7.16. The van der Waals surface area contributed by atoms with Crippen LogP contribution < -0.4 is 5.32 Å². The molecule has 30 heavy (non-hydrogen) atoms. The summed E-state index contributed by atoms with van der Waals surface area (Å²) in [5.74, 6) is -1.25. The van der Waals surface area contributed by atoms with E-state index in [1.54, 1.807) is 31.0 Å². The minimum Gasteiger partial charge on any atom is -0.350 e. The van der Waals surface area contributed by atoms with E-state index in [9.17, 15) is 18.8 Å². The molecule has 0 radical (unpaired) electrons. The number of carbonyl (C=O) groups excluding carboxylic acids is 3. The van der Waals surface area contributed by atoms with Gasteiger partial charge in [-0.3, -0.25) is 19.1 Å². The highest BCUT2D eigenvalue weighted by Crippen LogP contribution is 2.26. The van der Waals surface area contributed by atoms with Crippen molar-refractivity contribution in [2.24, 2.45) is 0 Å². The Bertz CT molecular complexity index is 997. The molecular formula is C21H24FN5O3. The molecule has 3 amide bonds. The number of nitrogens with zero attached hydrogens (tertiary/aromatic N) is 4. The van der Waals surface area contributed by atoms with Gasteiger partial charge in [0.05, 0.1) is 6.54 Å². The number of likely N-dealkylation sites (N-methyl/N-ethyl adjacent to an activating group) is 1. The van der Waals surface area contributed by atoms with Gasteiger partial charge in [0.15, 0.2) is 5.69 Å². The molecule has 1 fully saturated rings. The molecule has 1 atom stereocenters. The zero-order chi connectivity index (χ0) is 21.5. The Morgan fingerprint density at radius 2 is 1.87 bits per heavy atom. The monoisotopic (exact) mass is 413 g/mol. The lowest BCUT2D eigenvalue weighted by molar-refractivity contribution is -0.132. The van der Waals surface area contributed by atoms with Gasteiger partial charge in [0.25, 0.3) is 11.8 Å². The molecule has 8 nitrogen and oxygen atoms in total. The minimum atomic E-state index is -1.18. The SMILES string of the molecule is CN1C(=O)c2cc(C(=O)N3CCCC3)nn2C[C@@]1(C)C(=O)NCc1ccc(F)cc1. The Morgan fingerprint density at radius 3 is 2.53 bits per heavy atom.